The van der Waals surface area contributed by atoms with E-state index in [-0.39, 0.29) is 17.5 Å². The van der Waals surface area contributed by atoms with Crippen molar-refractivity contribution in [2.24, 2.45) is 11.8 Å². The highest BCUT2D eigenvalue weighted by Gasteiger charge is 2.31. The van der Waals surface area contributed by atoms with Crippen LogP contribution >= 0.6 is 0 Å². The summed E-state index contributed by atoms with van der Waals surface area (Å²) in [6, 6.07) is 9.27. The predicted octanol–water partition coefficient (Wildman–Crippen LogP) is 4.49. The summed E-state index contributed by atoms with van der Waals surface area (Å²) >= 11 is 0. The van der Waals surface area contributed by atoms with Gasteiger partial charge in [-0.2, -0.15) is 0 Å². The van der Waals surface area contributed by atoms with Crippen LogP contribution in [0, 0.1) is 29.3 Å². The number of hydrogen-bond acceptors (Lipinski definition) is 2. The maximum Gasteiger partial charge on any atom is 0.227 e. The summed E-state index contributed by atoms with van der Waals surface area (Å²) in [6.45, 7) is 0. The summed E-state index contributed by atoms with van der Waals surface area (Å²) in [7, 11) is 0. The Hall–Kier alpha value is -2.83. The predicted molar refractivity (Wildman–Crippen MR) is 95.5 cm³/mol. The van der Waals surface area contributed by atoms with Crippen LogP contribution in [0.4, 0.5) is 24.5 Å². The molecule has 0 radical (unpaired) electrons. The molecule has 142 valence electrons. The molecule has 4 nitrogen and oxygen atoms in total. The SMILES string of the molecule is O=C(Nc1ccccc1F)C1CCC(C(=O)Nc2c(F)cccc2F)CC1. The molecule has 2 amide bonds. The highest BCUT2D eigenvalue weighted by molar-refractivity contribution is 5.94. The first-order valence-corrected chi connectivity index (χ1v) is 8.76. The molecule has 0 atom stereocenters. The normalized spacial score (nSPS) is 19.4. The molecule has 2 N–H and O–H groups in total. The van der Waals surface area contributed by atoms with Crippen molar-refractivity contribution in [1.82, 2.24) is 0 Å². The van der Waals surface area contributed by atoms with Crippen LogP contribution < -0.4 is 10.6 Å². The van der Waals surface area contributed by atoms with E-state index in [9.17, 15) is 22.8 Å². The van der Waals surface area contributed by atoms with Crippen molar-refractivity contribution in [2.75, 3.05) is 10.6 Å². The molecule has 0 heterocycles. The van der Waals surface area contributed by atoms with Gasteiger partial charge in [-0.05, 0) is 49.9 Å². The molecule has 7 heteroatoms. The third kappa shape index (κ3) is 4.48. The van der Waals surface area contributed by atoms with E-state index in [1.54, 1.807) is 6.07 Å². The number of hydrogen-bond donors (Lipinski definition) is 2. The fourth-order valence-electron chi connectivity index (χ4n) is 3.26. The quantitative estimate of drug-likeness (QED) is 0.826. The van der Waals surface area contributed by atoms with E-state index in [4.69, 9.17) is 0 Å². The van der Waals surface area contributed by atoms with Gasteiger partial charge < -0.3 is 10.6 Å². The lowest BCUT2D eigenvalue weighted by atomic mass is 9.81. The number of rotatable bonds is 4. The molecule has 0 aliphatic heterocycles. The van der Waals surface area contributed by atoms with Crippen molar-refractivity contribution in [3.05, 3.63) is 59.9 Å². The lowest BCUT2D eigenvalue weighted by molar-refractivity contribution is -0.125. The van der Waals surface area contributed by atoms with Gasteiger partial charge in [0.2, 0.25) is 11.8 Å². The summed E-state index contributed by atoms with van der Waals surface area (Å²) in [5.74, 6) is -3.69. The van der Waals surface area contributed by atoms with Gasteiger partial charge in [0.1, 0.15) is 23.1 Å². The van der Waals surface area contributed by atoms with E-state index in [2.05, 4.69) is 10.6 Å². The molecule has 0 bridgehead atoms. The van der Waals surface area contributed by atoms with Gasteiger partial charge >= 0.3 is 0 Å². The van der Waals surface area contributed by atoms with Crippen LogP contribution in [-0.2, 0) is 9.59 Å². The largest absolute Gasteiger partial charge is 0.323 e. The Labute approximate surface area is 154 Å². The fraction of sp³-hybridized carbons (Fsp3) is 0.300. The van der Waals surface area contributed by atoms with E-state index in [0.717, 1.165) is 12.1 Å². The molecule has 0 spiro atoms. The molecule has 2 aromatic carbocycles. The van der Waals surface area contributed by atoms with Gasteiger partial charge in [-0.15, -0.1) is 0 Å². The summed E-state index contributed by atoms with van der Waals surface area (Å²) in [4.78, 5) is 24.6. The Bertz CT molecular complexity index is 829. The fourth-order valence-corrected chi connectivity index (χ4v) is 3.26. The lowest BCUT2D eigenvalue weighted by Gasteiger charge is -2.27. The van der Waals surface area contributed by atoms with Gasteiger partial charge in [-0.3, -0.25) is 9.59 Å². The molecule has 1 fully saturated rings. The standard InChI is InChI=1S/C20H19F3N2O2/c21-14-4-1-2-7-17(14)24-19(26)12-8-10-13(11-9-12)20(27)25-18-15(22)5-3-6-16(18)23/h1-7,12-13H,8-11H2,(H,24,26)(H,25,27). The van der Waals surface area contributed by atoms with Crippen molar-refractivity contribution >= 4 is 23.2 Å². The van der Waals surface area contributed by atoms with Crippen LogP contribution in [0.15, 0.2) is 42.5 Å². The molecule has 3 rings (SSSR count). The van der Waals surface area contributed by atoms with Crippen molar-refractivity contribution in [3.8, 4) is 0 Å². The highest BCUT2D eigenvalue weighted by atomic mass is 19.1. The van der Waals surface area contributed by atoms with Crippen LogP contribution in [0.1, 0.15) is 25.7 Å². The molecular weight excluding hydrogens is 357 g/mol. The average molecular weight is 376 g/mol. The number of carbonyl (C=O) groups is 2. The number of halogens is 3. The van der Waals surface area contributed by atoms with Crippen molar-refractivity contribution in [3.63, 3.8) is 0 Å². The first-order chi connectivity index (χ1) is 13.0. The maximum atomic E-state index is 13.6. The minimum absolute atomic E-state index is 0.123. The topological polar surface area (TPSA) is 58.2 Å². The van der Waals surface area contributed by atoms with Gasteiger partial charge in [0.15, 0.2) is 0 Å². The smallest absolute Gasteiger partial charge is 0.227 e. The molecule has 27 heavy (non-hydrogen) atoms. The summed E-state index contributed by atoms with van der Waals surface area (Å²) in [5.41, 5.74) is -0.334. The molecule has 1 aliphatic rings. The number of benzene rings is 2. The molecule has 0 saturated heterocycles. The summed E-state index contributed by atoms with van der Waals surface area (Å²) < 4.78 is 40.9. The minimum atomic E-state index is -0.832. The third-order valence-corrected chi connectivity index (χ3v) is 4.81. The number of nitrogens with one attached hydrogen (secondary N) is 2. The first kappa shape index (κ1) is 18.9. The van der Waals surface area contributed by atoms with E-state index >= 15 is 0 Å². The highest BCUT2D eigenvalue weighted by Crippen LogP contribution is 2.31. The molecule has 0 aromatic heterocycles. The summed E-state index contributed by atoms with van der Waals surface area (Å²) in [6.07, 6.45) is 1.71. The van der Waals surface area contributed by atoms with Gasteiger partial charge in [-0.25, -0.2) is 13.2 Å². The van der Waals surface area contributed by atoms with E-state index in [1.165, 1.54) is 24.3 Å². The Kier molecular flexibility index (Phi) is 5.78. The molecular formula is C20H19F3N2O2. The maximum absolute atomic E-state index is 13.6. The second-order valence-corrected chi connectivity index (χ2v) is 6.60. The first-order valence-electron chi connectivity index (χ1n) is 8.76. The van der Waals surface area contributed by atoms with Crippen LogP contribution in [0.3, 0.4) is 0 Å². The number of para-hydroxylation sites is 2. The van der Waals surface area contributed by atoms with Crippen LogP contribution in [-0.4, -0.2) is 11.8 Å². The average Bonchev–Trinajstić information content (AvgIpc) is 2.66. The number of anilines is 2. The monoisotopic (exact) mass is 376 g/mol. The molecule has 1 saturated carbocycles. The number of amides is 2. The van der Waals surface area contributed by atoms with Crippen molar-refractivity contribution in [1.29, 1.82) is 0 Å². The van der Waals surface area contributed by atoms with Crippen LogP contribution in [0.5, 0.6) is 0 Å². The zero-order valence-corrected chi connectivity index (χ0v) is 14.5. The lowest BCUT2D eigenvalue weighted by Crippen LogP contribution is -2.32. The molecule has 2 aromatic rings. The molecule has 1 aliphatic carbocycles. The van der Waals surface area contributed by atoms with Crippen LogP contribution in [0.2, 0.25) is 0 Å². The van der Waals surface area contributed by atoms with Crippen LogP contribution in [0.25, 0.3) is 0 Å². The Morgan fingerprint density at radius 2 is 1.19 bits per heavy atom. The van der Waals surface area contributed by atoms with E-state index in [1.807, 2.05) is 0 Å². The number of carbonyl (C=O) groups excluding carboxylic acids is 2. The third-order valence-electron chi connectivity index (χ3n) is 4.81. The van der Waals surface area contributed by atoms with E-state index in [0.29, 0.717) is 25.7 Å². The molecule has 0 unspecified atom stereocenters. The van der Waals surface area contributed by atoms with Gasteiger partial charge in [-0.1, -0.05) is 18.2 Å². The van der Waals surface area contributed by atoms with E-state index < -0.39 is 35.0 Å². The Morgan fingerprint density at radius 1 is 0.704 bits per heavy atom. The minimum Gasteiger partial charge on any atom is -0.323 e. The van der Waals surface area contributed by atoms with Gasteiger partial charge in [0.25, 0.3) is 0 Å². The van der Waals surface area contributed by atoms with Crippen molar-refractivity contribution < 1.29 is 22.8 Å². The second-order valence-electron chi connectivity index (χ2n) is 6.60. The zero-order chi connectivity index (χ0) is 19.4. The zero-order valence-electron chi connectivity index (χ0n) is 14.5. The van der Waals surface area contributed by atoms with Gasteiger partial charge in [0, 0.05) is 11.8 Å². The Morgan fingerprint density at radius 3 is 1.74 bits per heavy atom. The van der Waals surface area contributed by atoms with Crippen molar-refractivity contribution in [2.45, 2.75) is 25.7 Å². The summed E-state index contributed by atoms with van der Waals surface area (Å²) in [5, 5.41) is 4.87. The Balaban J connectivity index is 1.54. The van der Waals surface area contributed by atoms with Gasteiger partial charge in [0.05, 0.1) is 5.69 Å². The second kappa shape index (κ2) is 8.24.